The summed E-state index contributed by atoms with van der Waals surface area (Å²) in [5.74, 6) is 0.856. The van der Waals surface area contributed by atoms with Crippen molar-refractivity contribution in [2.75, 3.05) is 5.75 Å². The number of hydrogen-bond donors (Lipinski definition) is 0. The first kappa shape index (κ1) is 21.4. The van der Waals surface area contributed by atoms with Crippen LogP contribution in [0.2, 0.25) is 0 Å². The monoisotopic (exact) mass is 462 g/mol. The van der Waals surface area contributed by atoms with E-state index >= 15 is 0 Å². The van der Waals surface area contributed by atoms with Gasteiger partial charge < -0.3 is 4.74 Å². The molecule has 1 aliphatic heterocycles. The maximum atomic E-state index is 14.0. The molecule has 0 aliphatic carbocycles. The second-order valence-corrected chi connectivity index (χ2v) is 11.0. The Kier molecular flexibility index (Phi) is 5.70. The van der Waals surface area contributed by atoms with E-state index in [4.69, 9.17) is 9.72 Å². The molecule has 0 spiro atoms. The zero-order valence-corrected chi connectivity index (χ0v) is 20.2. The van der Waals surface area contributed by atoms with Gasteiger partial charge in [-0.15, -0.1) is 11.3 Å². The van der Waals surface area contributed by atoms with Crippen molar-refractivity contribution in [1.29, 1.82) is 0 Å². The van der Waals surface area contributed by atoms with Crippen molar-refractivity contribution in [3.63, 3.8) is 0 Å². The predicted molar refractivity (Wildman–Crippen MR) is 133 cm³/mol. The number of benzene rings is 2. The van der Waals surface area contributed by atoms with Crippen LogP contribution in [0.3, 0.4) is 0 Å². The standard InChI is InChI=1S/C26H26N2O2S2/c1-17-9-7-8-12-20(17)28-24(29)22-19-15-26(2,3)30-16-21(19)32-23(22)27-25(28)31-14-13-18-10-5-4-6-11-18/h4-12H,13-16H2,1-3H3. The summed E-state index contributed by atoms with van der Waals surface area (Å²) in [6.07, 6.45) is 1.66. The summed E-state index contributed by atoms with van der Waals surface area (Å²) < 4.78 is 7.83. The molecule has 0 saturated heterocycles. The van der Waals surface area contributed by atoms with E-state index in [9.17, 15) is 4.79 Å². The van der Waals surface area contributed by atoms with Crippen LogP contribution in [-0.4, -0.2) is 20.9 Å². The predicted octanol–water partition coefficient (Wildman–Crippen LogP) is 5.94. The minimum absolute atomic E-state index is 0.0294. The van der Waals surface area contributed by atoms with Gasteiger partial charge in [-0.3, -0.25) is 9.36 Å². The summed E-state index contributed by atoms with van der Waals surface area (Å²) in [5, 5.41) is 1.52. The highest BCUT2D eigenvalue weighted by Gasteiger charge is 2.31. The Bertz CT molecular complexity index is 1340. The molecule has 2 aromatic carbocycles. The van der Waals surface area contributed by atoms with Crippen LogP contribution in [0.5, 0.6) is 0 Å². The van der Waals surface area contributed by atoms with Gasteiger partial charge in [-0.2, -0.15) is 0 Å². The van der Waals surface area contributed by atoms with Crippen LogP contribution >= 0.6 is 23.1 Å². The van der Waals surface area contributed by atoms with Crippen molar-refractivity contribution in [3.8, 4) is 5.69 Å². The Balaban J connectivity index is 1.63. The van der Waals surface area contributed by atoms with E-state index in [1.54, 1.807) is 23.1 Å². The number of aryl methyl sites for hydroxylation is 2. The van der Waals surface area contributed by atoms with Crippen LogP contribution in [0.15, 0.2) is 64.5 Å². The van der Waals surface area contributed by atoms with Crippen molar-refractivity contribution in [3.05, 3.63) is 86.5 Å². The number of para-hydroxylation sites is 1. The SMILES string of the molecule is Cc1ccccc1-n1c(SCCc2ccccc2)nc2sc3c(c2c1=O)CC(C)(C)OC3. The molecule has 0 radical (unpaired) electrons. The highest BCUT2D eigenvalue weighted by Crippen LogP contribution is 2.38. The van der Waals surface area contributed by atoms with Gasteiger partial charge in [0.15, 0.2) is 5.16 Å². The Morgan fingerprint density at radius 1 is 1.12 bits per heavy atom. The van der Waals surface area contributed by atoms with Crippen molar-refractivity contribution in [2.24, 2.45) is 0 Å². The Morgan fingerprint density at radius 3 is 2.66 bits per heavy atom. The third-order valence-corrected chi connectivity index (χ3v) is 7.93. The average Bonchev–Trinajstić information content (AvgIpc) is 3.12. The number of thioether (sulfide) groups is 1. The second-order valence-electron chi connectivity index (χ2n) is 8.81. The molecule has 164 valence electrons. The molecular weight excluding hydrogens is 436 g/mol. The first-order chi connectivity index (χ1) is 15.4. The van der Waals surface area contributed by atoms with Crippen LogP contribution < -0.4 is 5.56 Å². The fourth-order valence-electron chi connectivity index (χ4n) is 4.20. The molecule has 2 aromatic heterocycles. The van der Waals surface area contributed by atoms with Crippen LogP contribution in [0, 0.1) is 6.92 Å². The quantitative estimate of drug-likeness (QED) is 0.272. The zero-order chi connectivity index (χ0) is 22.3. The average molecular weight is 463 g/mol. The number of fused-ring (bicyclic) bond motifs is 3. The Hall–Kier alpha value is -2.41. The summed E-state index contributed by atoms with van der Waals surface area (Å²) in [6, 6.07) is 18.5. The first-order valence-electron chi connectivity index (χ1n) is 10.9. The minimum atomic E-state index is -0.274. The summed E-state index contributed by atoms with van der Waals surface area (Å²) >= 11 is 3.25. The molecule has 0 saturated carbocycles. The van der Waals surface area contributed by atoms with Crippen LogP contribution in [-0.2, 0) is 24.2 Å². The number of rotatable bonds is 5. The van der Waals surface area contributed by atoms with Crippen LogP contribution in [0.4, 0.5) is 0 Å². The largest absolute Gasteiger partial charge is 0.370 e. The smallest absolute Gasteiger partial charge is 0.267 e. The number of hydrogen-bond acceptors (Lipinski definition) is 5. The van der Waals surface area contributed by atoms with Gasteiger partial charge in [-0.05, 0) is 49.9 Å². The normalized spacial score (nSPS) is 15.1. The zero-order valence-electron chi connectivity index (χ0n) is 18.6. The lowest BCUT2D eigenvalue weighted by molar-refractivity contribution is -0.0379. The molecule has 4 aromatic rings. The number of thiophene rings is 1. The molecular formula is C26H26N2O2S2. The van der Waals surface area contributed by atoms with E-state index < -0.39 is 0 Å². The fraction of sp³-hybridized carbons (Fsp3) is 0.308. The summed E-state index contributed by atoms with van der Waals surface area (Å²) in [7, 11) is 0. The van der Waals surface area contributed by atoms with Crippen LogP contribution in [0.1, 0.15) is 35.4 Å². The van der Waals surface area contributed by atoms with Gasteiger partial charge >= 0.3 is 0 Å². The molecule has 6 heteroatoms. The van der Waals surface area contributed by atoms with Crippen molar-refractivity contribution < 1.29 is 4.74 Å². The minimum Gasteiger partial charge on any atom is -0.370 e. The maximum absolute atomic E-state index is 14.0. The molecule has 0 fully saturated rings. The molecule has 0 unspecified atom stereocenters. The number of ether oxygens (including phenoxy) is 1. The van der Waals surface area contributed by atoms with Crippen LogP contribution in [0.25, 0.3) is 15.9 Å². The van der Waals surface area contributed by atoms with Gasteiger partial charge in [0.2, 0.25) is 0 Å². The summed E-state index contributed by atoms with van der Waals surface area (Å²) in [5.41, 5.74) is 4.12. The summed E-state index contributed by atoms with van der Waals surface area (Å²) in [6.45, 7) is 6.76. The Labute approximate surface area is 196 Å². The highest BCUT2D eigenvalue weighted by atomic mass is 32.2. The molecule has 5 rings (SSSR count). The van der Waals surface area contributed by atoms with Gasteiger partial charge in [-0.25, -0.2) is 4.98 Å². The fourth-order valence-corrected chi connectivity index (χ4v) is 6.34. The van der Waals surface area contributed by atoms with Crippen molar-refractivity contribution >= 4 is 33.3 Å². The van der Waals surface area contributed by atoms with Gasteiger partial charge in [0.25, 0.3) is 5.56 Å². The molecule has 32 heavy (non-hydrogen) atoms. The van der Waals surface area contributed by atoms with Crippen molar-refractivity contribution in [2.45, 2.75) is 51.0 Å². The van der Waals surface area contributed by atoms with E-state index in [0.717, 1.165) is 55.7 Å². The second kappa shape index (κ2) is 8.50. The van der Waals surface area contributed by atoms with E-state index in [0.29, 0.717) is 6.61 Å². The van der Waals surface area contributed by atoms with E-state index in [1.807, 2.05) is 41.8 Å². The van der Waals surface area contributed by atoms with Crippen molar-refractivity contribution in [1.82, 2.24) is 9.55 Å². The summed E-state index contributed by atoms with van der Waals surface area (Å²) in [4.78, 5) is 20.9. The lowest BCUT2D eigenvalue weighted by atomic mass is 9.94. The van der Waals surface area contributed by atoms with E-state index in [2.05, 4.69) is 38.1 Å². The third-order valence-electron chi connectivity index (χ3n) is 5.90. The topological polar surface area (TPSA) is 44.1 Å². The molecule has 0 atom stereocenters. The molecule has 0 amide bonds. The van der Waals surface area contributed by atoms with E-state index in [-0.39, 0.29) is 11.2 Å². The molecule has 3 heterocycles. The highest BCUT2D eigenvalue weighted by molar-refractivity contribution is 7.99. The molecule has 0 bridgehead atoms. The van der Waals surface area contributed by atoms with Gasteiger partial charge in [0, 0.05) is 17.1 Å². The van der Waals surface area contributed by atoms with Gasteiger partial charge in [0.05, 0.1) is 23.3 Å². The van der Waals surface area contributed by atoms with Gasteiger partial charge in [-0.1, -0.05) is 60.3 Å². The number of aromatic nitrogens is 2. The number of nitrogens with zero attached hydrogens (tertiary/aromatic N) is 2. The van der Waals surface area contributed by atoms with E-state index in [1.165, 1.54) is 5.56 Å². The first-order valence-corrected chi connectivity index (χ1v) is 12.7. The molecule has 4 nitrogen and oxygen atoms in total. The maximum Gasteiger partial charge on any atom is 0.267 e. The molecule has 0 N–H and O–H groups in total. The molecule has 1 aliphatic rings. The lowest BCUT2D eigenvalue weighted by Gasteiger charge is -2.30. The lowest BCUT2D eigenvalue weighted by Crippen LogP contribution is -2.32. The third kappa shape index (κ3) is 4.03. The van der Waals surface area contributed by atoms with Gasteiger partial charge in [0.1, 0.15) is 4.83 Å². The Morgan fingerprint density at radius 2 is 1.88 bits per heavy atom.